The number of aryl methyl sites for hydroxylation is 1. The van der Waals surface area contributed by atoms with Crippen LogP contribution in [-0.2, 0) is 31.3 Å². The fourth-order valence-corrected chi connectivity index (χ4v) is 3.46. The van der Waals surface area contributed by atoms with Crippen LogP contribution in [0.25, 0.3) is 0 Å². The van der Waals surface area contributed by atoms with Crippen LogP contribution in [0.3, 0.4) is 0 Å². The molecular formula is C23H30NO7+. The number of rotatable bonds is 10. The Labute approximate surface area is 182 Å². The molecule has 2 unspecified atom stereocenters. The summed E-state index contributed by atoms with van der Waals surface area (Å²) in [4.78, 5) is 12.1. The van der Waals surface area contributed by atoms with Crippen LogP contribution in [0, 0.1) is 0 Å². The number of hydrogen-bond acceptors (Lipinski definition) is 7. The van der Waals surface area contributed by atoms with Crippen LogP contribution in [0.1, 0.15) is 25.3 Å². The smallest absolute Gasteiger partial charge is 0.306 e. The van der Waals surface area contributed by atoms with Gasteiger partial charge in [0.2, 0.25) is 5.75 Å². The Morgan fingerprint density at radius 3 is 2.39 bits per heavy atom. The van der Waals surface area contributed by atoms with Crippen molar-refractivity contribution in [2.75, 3.05) is 34.5 Å². The van der Waals surface area contributed by atoms with E-state index < -0.39 is 5.79 Å². The van der Waals surface area contributed by atoms with Gasteiger partial charge in [0.05, 0.1) is 34.4 Å². The first-order valence-corrected chi connectivity index (χ1v) is 10.2. The van der Waals surface area contributed by atoms with E-state index in [2.05, 4.69) is 0 Å². The Morgan fingerprint density at radius 1 is 1.10 bits per heavy atom. The first-order valence-electron chi connectivity index (χ1n) is 10.2. The van der Waals surface area contributed by atoms with Crippen molar-refractivity contribution in [1.82, 2.24) is 0 Å². The Balaban J connectivity index is 1.53. The van der Waals surface area contributed by atoms with Gasteiger partial charge in [-0.1, -0.05) is 6.07 Å². The summed E-state index contributed by atoms with van der Waals surface area (Å²) in [5, 5.41) is 0. The molecule has 8 heteroatoms. The third-order valence-corrected chi connectivity index (χ3v) is 5.13. The SMILES string of the molecule is COc1cc(C2(C)OCC(COC(=O)CCC[n+]3ccccc3)O2)cc(OC)c1OC. The largest absolute Gasteiger partial charge is 0.493 e. The van der Waals surface area contributed by atoms with Crippen molar-refractivity contribution in [3.63, 3.8) is 0 Å². The minimum atomic E-state index is -1.02. The van der Waals surface area contributed by atoms with Crippen LogP contribution in [0.4, 0.5) is 0 Å². The van der Waals surface area contributed by atoms with Crippen LogP contribution in [0.5, 0.6) is 17.2 Å². The average Bonchev–Trinajstić information content (AvgIpc) is 3.19. The minimum Gasteiger partial charge on any atom is -0.493 e. The maximum atomic E-state index is 12.1. The van der Waals surface area contributed by atoms with Gasteiger partial charge in [-0.05, 0) is 19.1 Å². The number of pyridine rings is 1. The number of carbonyl (C=O) groups is 1. The van der Waals surface area contributed by atoms with E-state index in [9.17, 15) is 4.79 Å². The molecule has 1 aliphatic heterocycles. The highest BCUT2D eigenvalue weighted by Crippen LogP contribution is 2.43. The van der Waals surface area contributed by atoms with E-state index in [4.69, 9.17) is 28.4 Å². The van der Waals surface area contributed by atoms with Crippen molar-refractivity contribution in [3.05, 3.63) is 48.3 Å². The number of carbonyl (C=O) groups excluding carboxylic acids is 1. The van der Waals surface area contributed by atoms with Crippen molar-refractivity contribution in [1.29, 1.82) is 0 Å². The van der Waals surface area contributed by atoms with Gasteiger partial charge in [-0.2, -0.15) is 0 Å². The van der Waals surface area contributed by atoms with Gasteiger partial charge in [0.1, 0.15) is 19.3 Å². The number of ether oxygens (including phenoxy) is 6. The zero-order valence-corrected chi connectivity index (χ0v) is 18.5. The molecule has 0 N–H and O–H groups in total. The van der Waals surface area contributed by atoms with Crippen LogP contribution >= 0.6 is 0 Å². The van der Waals surface area contributed by atoms with Gasteiger partial charge in [0.25, 0.3) is 0 Å². The second kappa shape index (κ2) is 10.5. The predicted octanol–water partition coefficient (Wildman–Crippen LogP) is 2.61. The zero-order valence-electron chi connectivity index (χ0n) is 18.5. The van der Waals surface area contributed by atoms with E-state index in [1.54, 1.807) is 33.5 Å². The molecule has 0 bridgehead atoms. The zero-order chi connectivity index (χ0) is 22.3. The maximum absolute atomic E-state index is 12.1. The van der Waals surface area contributed by atoms with Crippen LogP contribution in [0.15, 0.2) is 42.7 Å². The summed E-state index contributed by atoms with van der Waals surface area (Å²) in [5.74, 6) is 0.248. The molecule has 0 spiro atoms. The Kier molecular flexibility index (Phi) is 7.70. The van der Waals surface area contributed by atoms with Gasteiger partial charge < -0.3 is 28.4 Å². The Hall–Kier alpha value is -2.84. The molecule has 0 amide bonds. The quantitative estimate of drug-likeness (QED) is 0.422. The van der Waals surface area contributed by atoms with E-state index in [1.807, 2.05) is 42.1 Å². The molecular weight excluding hydrogens is 402 g/mol. The number of methoxy groups -OCH3 is 3. The summed E-state index contributed by atoms with van der Waals surface area (Å²) < 4.78 is 35.6. The number of esters is 1. The lowest BCUT2D eigenvalue weighted by atomic mass is 10.1. The molecule has 2 aromatic rings. The molecule has 0 aliphatic carbocycles. The molecule has 2 heterocycles. The summed E-state index contributed by atoms with van der Waals surface area (Å²) in [6, 6.07) is 9.45. The lowest BCUT2D eigenvalue weighted by molar-refractivity contribution is -0.697. The first kappa shape index (κ1) is 22.8. The molecule has 1 saturated heterocycles. The maximum Gasteiger partial charge on any atom is 0.306 e. The van der Waals surface area contributed by atoms with E-state index in [0.29, 0.717) is 36.7 Å². The van der Waals surface area contributed by atoms with Crippen LogP contribution < -0.4 is 18.8 Å². The molecule has 1 fully saturated rings. The molecule has 168 valence electrons. The second-order valence-corrected chi connectivity index (χ2v) is 7.31. The van der Waals surface area contributed by atoms with Gasteiger partial charge >= 0.3 is 5.97 Å². The molecule has 1 aromatic carbocycles. The monoisotopic (exact) mass is 432 g/mol. The lowest BCUT2D eigenvalue weighted by Crippen LogP contribution is -2.32. The second-order valence-electron chi connectivity index (χ2n) is 7.31. The normalized spacial score (nSPS) is 20.3. The van der Waals surface area contributed by atoms with E-state index in [1.165, 1.54) is 0 Å². The number of nitrogens with zero attached hydrogens (tertiary/aromatic N) is 1. The molecule has 1 aromatic heterocycles. The third kappa shape index (κ3) is 5.65. The molecule has 0 saturated carbocycles. The average molecular weight is 432 g/mol. The van der Waals surface area contributed by atoms with E-state index in [-0.39, 0.29) is 18.7 Å². The van der Waals surface area contributed by atoms with E-state index in [0.717, 1.165) is 12.1 Å². The van der Waals surface area contributed by atoms with Crippen molar-refractivity contribution in [3.8, 4) is 17.2 Å². The van der Waals surface area contributed by atoms with Gasteiger partial charge in [0, 0.05) is 24.1 Å². The fraction of sp³-hybridized carbons (Fsp3) is 0.478. The molecule has 3 rings (SSSR count). The molecule has 2 atom stereocenters. The molecule has 8 nitrogen and oxygen atoms in total. The Bertz CT molecular complexity index is 848. The highest BCUT2D eigenvalue weighted by molar-refractivity contribution is 5.69. The number of aromatic nitrogens is 1. The Morgan fingerprint density at radius 2 is 1.77 bits per heavy atom. The van der Waals surface area contributed by atoms with Gasteiger partial charge in [-0.15, -0.1) is 0 Å². The highest BCUT2D eigenvalue weighted by atomic mass is 16.8. The van der Waals surface area contributed by atoms with Crippen molar-refractivity contribution < 1.29 is 37.8 Å². The lowest BCUT2D eigenvalue weighted by Gasteiger charge is -2.25. The number of hydrogen-bond donors (Lipinski definition) is 0. The molecule has 1 aliphatic rings. The summed E-state index contributed by atoms with van der Waals surface area (Å²) in [5.41, 5.74) is 0.718. The molecule has 0 radical (unpaired) electrons. The summed E-state index contributed by atoms with van der Waals surface area (Å²) in [7, 11) is 4.66. The van der Waals surface area contributed by atoms with Crippen molar-refractivity contribution >= 4 is 5.97 Å². The predicted molar refractivity (Wildman–Crippen MR) is 111 cm³/mol. The van der Waals surface area contributed by atoms with Crippen LogP contribution in [-0.4, -0.2) is 46.6 Å². The summed E-state index contributed by atoms with van der Waals surface area (Å²) in [6.45, 7) is 3.02. The third-order valence-electron chi connectivity index (χ3n) is 5.13. The summed E-state index contributed by atoms with van der Waals surface area (Å²) in [6.07, 6.45) is 4.63. The fourth-order valence-electron chi connectivity index (χ4n) is 3.46. The van der Waals surface area contributed by atoms with Gasteiger partial charge in [-0.25, -0.2) is 4.57 Å². The van der Waals surface area contributed by atoms with Gasteiger partial charge in [0.15, 0.2) is 29.7 Å². The summed E-state index contributed by atoms with van der Waals surface area (Å²) >= 11 is 0. The topological polar surface area (TPSA) is 76.3 Å². The van der Waals surface area contributed by atoms with Crippen LogP contribution in [0.2, 0.25) is 0 Å². The van der Waals surface area contributed by atoms with E-state index >= 15 is 0 Å². The highest BCUT2D eigenvalue weighted by Gasteiger charge is 2.40. The minimum absolute atomic E-state index is 0.136. The van der Waals surface area contributed by atoms with Gasteiger partial charge in [-0.3, -0.25) is 4.79 Å². The molecule has 31 heavy (non-hydrogen) atoms. The number of benzene rings is 1. The van der Waals surface area contributed by atoms with Crippen molar-refractivity contribution in [2.45, 2.75) is 38.2 Å². The first-order chi connectivity index (χ1) is 15.0. The standard InChI is InChI=1S/C23H30NO7/c1-23(17-13-19(26-2)22(28-4)20(14-17)27-3)30-16-18(31-23)15-29-21(25)9-8-12-24-10-6-5-7-11-24/h5-7,10-11,13-14,18H,8-9,12,15-16H2,1-4H3/q+1. The van der Waals surface area contributed by atoms with Crippen molar-refractivity contribution in [2.24, 2.45) is 0 Å².